The van der Waals surface area contributed by atoms with Crippen LogP contribution in [0.15, 0.2) is 18.3 Å². The quantitative estimate of drug-likeness (QED) is 0.796. The lowest BCUT2D eigenvalue weighted by Crippen LogP contribution is -2.19. The zero-order chi connectivity index (χ0) is 11.3. The Morgan fingerprint density at radius 2 is 2.33 bits per heavy atom. The minimum Gasteiger partial charge on any atom is -0.384 e. The largest absolute Gasteiger partial charge is 0.384 e. The molecular weight excluding hydrogens is 240 g/mol. The maximum atomic E-state index is 11.4. The van der Waals surface area contributed by atoms with Crippen LogP contribution in [0, 0.1) is 0 Å². The third-order valence-electron chi connectivity index (χ3n) is 1.56. The van der Waals surface area contributed by atoms with Crippen LogP contribution >= 0.6 is 11.6 Å². The zero-order valence-electron chi connectivity index (χ0n) is 8.10. The molecule has 0 unspecified atom stereocenters. The summed E-state index contributed by atoms with van der Waals surface area (Å²) in [7, 11) is -1.93. The van der Waals surface area contributed by atoms with E-state index in [1.807, 2.05) is 0 Å². The van der Waals surface area contributed by atoms with E-state index in [9.17, 15) is 8.42 Å². The molecule has 0 bridgehead atoms. The summed E-state index contributed by atoms with van der Waals surface area (Å²) in [6.45, 7) is 0.147. The van der Waals surface area contributed by atoms with Gasteiger partial charge in [-0.1, -0.05) is 11.6 Å². The molecule has 15 heavy (non-hydrogen) atoms. The number of hydrogen-bond acceptors (Lipinski definition) is 4. The van der Waals surface area contributed by atoms with Crippen LogP contribution in [-0.2, 0) is 14.8 Å². The molecule has 1 N–H and O–H groups in total. The fourth-order valence-electron chi connectivity index (χ4n) is 0.890. The summed E-state index contributed by atoms with van der Waals surface area (Å²) in [5, 5.41) is 0.238. The molecule has 0 aliphatic carbocycles. The van der Waals surface area contributed by atoms with Gasteiger partial charge in [-0.25, -0.2) is 13.4 Å². The molecule has 0 aromatic carbocycles. The molecule has 0 saturated heterocycles. The van der Waals surface area contributed by atoms with E-state index in [0.29, 0.717) is 5.69 Å². The number of ether oxygens (including phenoxy) is 1. The molecule has 0 aliphatic rings. The molecule has 7 heteroatoms. The maximum Gasteiger partial charge on any atom is 0.235 e. The van der Waals surface area contributed by atoms with Crippen LogP contribution in [0.25, 0.3) is 0 Å². The Labute approximate surface area is 93.5 Å². The smallest absolute Gasteiger partial charge is 0.235 e. The highest BCUT2D eigenvalue weighted by molar-refractivity contribution is 7.92. The molecule has 0 aliphatic heterocycles. The number of methoxy groups -OCH3 is 1. The first-order valence-corrected chi connectivity index (χ1v) is 6.17. The maximum absolute atomic E-state index is 11.4. The van der Waals surface area contributed by atoms with Crippen molar-refractivity contribution in [2.75, 3.05) is 24.2 Å². The molecule has 1 aromatic heterocycles. The molecule has 0 atom stereocenters. The van der Waals surface area contributed by atoms with Gasteiger partial charge in [0, 0.05) is 13.3 Å². The lowest BCUT2D eigenvalue weighted by Gasteiger charge is -2.06. The van der Waals surface area contributed by atoms with Gasteiger partial charge >= 0.3 is 0 Å². The van der Waals surface area contributed by atoms with Crippen molar-refractivity contribution in [2.45, 2.75) is 0 Å². The molecule has 84 valence electrons. The fraction of sp³-hybridized carbons (Fsp3) is 0.375. The molecule has 0 radical (unpaired) electrons. The van der Waals surface area contributed by atoms with Gasteiger partial charge in [-0.05, 0) is 12.1 Å². The van der Waals surface area contributed by atoms with E-state index in [2.05, 4.69) is 14.4 Å². The Hall–Kier alpha value is -0.850. The van der Waals surface area contributed by atoms with Gasteiger partial charge in [0.05, 0.1) is 18.0 Å². The summed E-state index contributed by atoms with van der Waals surface area (Å²) in [6, 6.07) is 2.96. The Bertz CT molecular complexity index is 422. The van der Waals surface area contributed by atoms with E-state index in [1.54, 1.807) is 0 Å². The number of rotatable bonds is 5. The average molecular weight is 251 g/mol. The van der Waals surface area contributed by atoms with Gasteiger partial charge in [-0.3, -0.25) is 4.72 Å². The Morgan fingerprint density at radius 1 is 1.60 bits per heavy atom. The van der Waals surface area contributed by atoms with Crippen LogP contribution in [0.2, 0.25) is 5.15 Å². The molecule has 0 amide bonds. The normalized spacial score (nSPS) is 11.3. The van der Waals surface area contributed by atoms with Gasteiger partial charge in [0.2, 0.25) is 10.0 Å². The molecule has 1 rings (SSSR count). The average Bonchev–Trinajstić information content (AvgIpc) is 2.14. The minimum absolute atomic E-state index is 0.0938. The monoisotopic (exact) mass is 250 g/mol. The Balaban J connectivity index is 2.69. The molecule has 5 nitrogen and oxygen atoms in total. The van der Waals surface area contributed by atoms with E-state index in [1.165, 1.54) is 25.4 Å². The van der Waals surface area contributed by atoms with Gasteiger partial charge < -0.3 is 4.74 Å². The van der Waals surface area contributed by atoms with Crippen molar-refractivity contribution in [3.05, 3.63) is 23.5 Å². The standard InChI is InChI=1S/C8H11ClN2O3S/c1-14-4-5-15(12,13)11-7-2-3-10-8(9)6-7/h2-3,6H,4-5H2,1H3,(H,10,11). The molecule has 0 saturated carbocycles. The number of pyridine rings is 1. The van der Waals surface area contributed by atoms with Gasteiger partial charge in [0.25, 0.3) is 0 Å². The summed E-state index contributed by atoms with van der Waals surface area (Å²) >= 11 is 5.61. The van der Waals surface area contributed by atoms with E-state index < -0.39 is 10.0 Å². The molecule has 1 aromatic rings. The molecule has 1 heterocycles. The summed E-state index contributed by atoms with van der Waals surface area (Å²) in [4.78, 5) is 3.74. The van der Waals surface area contributed by atoms with Crippen LogP contribution in [0.4, 0.5) is 5.69 Å². The van der Waals surface area contributed by atoms with Crippen molar-refractivity contribution in [1.29, 1.82) is 0 Å². The highest BCUT2D eigenvalue weighted by Crippen LogP contribution is 2.13. The number of nitrogens with zero attached hydrogens (tertiary/aromatic N) is 1. The predicted molar refractivity (Wildman–Crippen MR) is 58.5 cm³/mol. The lowest BCUT2D eigenvalue weighted by molar-refractivity contribution is 0.217. The summed E-state index contributed by atoms with van der Waals surface area (Å²) in [5.41, 5.74) is 0.395. The first kappa shape index (κ1) is 12.2. The first-order chi connectivity index (χ1) is 7.03. The van der Waals surface area contributed by atoms with Crippen LogP contribution in [0.3, 0.4) is 0 Å². The van der Waals surface area contributed by atoms with Crippen molar-refractivity contribution in [1.82, 2.24) is 4.98 Å². The number of halogens is 1. The van der Waals surface area contributed by atoms with Crippen molar-refractivity contribution < 1.29 is 13.2 Å². The molecule has 0 spiro atoms. The van der Waals surface area contributed by atoms with Crippen LogP contribution in [0.5, 0.6) is 0 Å². The third kappa shape index (κ3) is 4.46. The number of anilines is 1. The lowest BCUT2D eigenvalue weighted by atomic mass is 10.4. The SMILES string of the molecule is COCCS(=O)(=O)Nc1ccnc(Cl)c1. The second kappa shape index (κ2) is 5.29. The van der Waals surface area contributed by atoms with Gasteiger partial charge in [-0.15, -0.1) is 0 Å². The Kier molecular flexibility index (Phi) is 4.31. The van der Waals surface area contributed by atoms with Crippen LogP contribution < -0.4 is 4.72 Å². The highest BCUT2D eigenvalue weighted by atomic mass is 35.5. The van der Waals surface area contributed by atoms with Gasteiger partial charge in [0.1, 0.15) is 5.15 Å². The molecule has 0 fully saturated rings. The fourth-order valence-corrected chi connectivity index (χ4v) is 2.04. The van der Waals surface area contributed by atoms with E-state index >= 15 is 0 Å². The van der Waals surface area contributed by atoms with Crippen molar-refractivity contribution >= 4 is 27.3 Å². The first-order valence-electron chi connectivity index (χ1n) is 4.14. The highest BCUT2D eigenvalue weighted by Gasteiger charge is 2.09. The summed E-state index contributed by atoms with van der Waals surface area (Å²) < 4.78 is 29.9. The van der Waals surface area contributed by atoms with Crippen molar-refractivity contribution in [3.63, 3.8) is 0 Å². The topological polar surface area (TPSA) is 68.3 Å². The zero-order valence-corrected chi connectivity index (χ0v) is 9.68. The minimum atomic E-state index is -3.37. The second-order valence-electron chi connectivity index (χ2n) is 2.78. The predicted octanol–water partition coefficient (Wildman–Crippen LogP) is 1.12. The van der Waals surface area contributed by atoms with E-state index in [0.717, 1.165) is 0 Å². The van der Waals surface area contributed by atoms with E-state index in [-0.39, 0.29) is 17.5 Å². The summed E-state index contributed by atoms with van der Waals surface area (Å²) in [6.07, 6.45) is 1.43. The van der Waals surface area contributed by atoms with Crippen LogP contribution in [0.1, 0.15) is 0 Å². The van der Waals surface area contributed by atoms with Gasteiger partial charge in [0.15, 0.2) is 0 Å². The number of sulfonamides is 1. The number of aromatic nitrogens is 1. The van der Waals surface area contributed by atoms with Crippen molar-refractivity contribution in [3.8, 4) is 0 Å². The third-order valence-corrected chi connectivity index (χ3v) is 3.01. The number of nitrogens with one attached hydrogen (secondary N) is 1. The summed E-state index contributed by atoms with van der Waals surface area (Å²) in [5.74, 6) is -0.0938. The van der Waals surface area contributed by atoms with Crippen molar-refractivity contribution in [2.24, 2.45) is 0 Å². The van der Waals surface area contributed by atoms with Gasteiger partial charge in [-0.2, -0.15) is 0 Å². The van der Waals surface area contributed by atoms with E-state index in [4.69, 9.17) is 11.6 Å². The second-order valence-corrected chi connectivity index (χ2v) is 5.01. The molecular formula is C8H11ClN2O3S. The van der Waals surface area contributed by atoms with Crippen LogP contribution in [-0.4, -0.2) is 32.9 Å². The number of hydrogen-bond donors (Lipinski definition) is 1. The Morgan fingerprint density at radius 3 is 2.93 bits per heavy atom.